The van der Waals surface area contributed by atoms with Gasteiger partial charge in [0.25, 0.3) is 0 Å². The fourth-order valence-electron chi connectivity index (χ4n) is 3.50. The van der Waals surface area contributed by atoms with Crippen molar-refractivity contribution in [2.24, 2.45) is 5.92 Å². The summed E-state index contributed by atoms with van der Waals surface area (Å²) in [5.41, 5.74) is 0. The highest BCUT2D eigenvalue weighted by atomic mass is 32.2. The van der Waals surface area contributed by atoms with Crippen molar-refractivity contribution in [1.82, 2.24) is 9.88 Å². The van der Waals surface area contributed by atoms with Crippen LogP contribution in [-0.2, 0) is 4.79 Å². The molecule has 2 fully saturated rings. The predicted molar refractivity (Wildman–Crippen MR) is 86.3 cm³/mol. The van der Waals surface area contributed by atoms with Crippen molar-refractivity contribution in [2.75, 3.05) is 12.3 Å². The van der Waals surface area contributed by atoms with Gasteiger partial charge in [0.05, 0.1) is 5.03 Å². The number of hydrogen-bond acceptors (Lipinski definition) is 3. The molecule has 114 valence electrons. The maximum atomic E-state index is 12.7. The van der Waals surface area contributed by atoms with Gasteiger partial charge in [-0.05, 0) is 37.8 Å². The van der Waals surface area contributed by atoms with Crippen molar-refractivity contribution in [3.8, 4) is 0 Å². The zero-order valence-electron chi connectivity index (χ0n) is 12.5. The van der Waals surface area contributed by atoms with E-state index in [2.05, 4.69) is 9.88 Å². The van der Waals surface area contributed by atoms with Crippen molar-refractivity contribution in [1.29, 1.82) is 0 Å². The summed E-state index contributed by atoms with van der Waals surface area (Å²) in [6, 6.07) is 6.42. The summed E-state index contributed by atoms with van der Waals surface area (Å²) < 4.78 is 0. The number of rotatable bonds is 4. The van der Waals surface area contributed by atoms with E-state index in [1.165, 1.54) is 19.3 Å². The Labute approximate surface area is 131 Å². The fraction of sp³-hybridized carbons (Fsp3) is 0.647. The molecule has 1 aliphatic heterocycles. The quantitative estimate of drug-likeness (QED) is 0.794. The van der Waals surface area contributed by atoms with Gasteiger partial charge < -0.3 is 4.90 Å². The van der Waals surface area contributed by atoms with E-state index < -0.39 is 0 Å². The smallest absolute Gasteiger partial charge is 0.225 e. The van der Waals surface area contributed by atoms with Crippen LogP contribution in [0.2, 0.25) is 0 Å². The first-order valence-electron chi connectivity index (χ1n) is 8.19. The summed E-state index contributed by atoms with van der Waals surface area (Å²) in [5.74, 6) is 1.72. The van der Waals surface area contributed by atoms with Gasteiger partial charge in [0.1, 0.15) is 0 Å². The molecule has 0 N–H and O–H groups in total. The molecule has 3 nitrogen and oxygen atoms in total. The van der Waals surface area contributed by atoms with Crippen molar-refractivity contribution >= 4 is 17.7 Å². The minimum Gasteiger partial charge on any atom is -0.339 e. The van der Waals surface area contributed by atoms with Crippen molar-refractivity contribution in [3.63, 3.8) is 0 Å². The van der Waals surface area contributed by atoms with Crippen LogP contribution in [-0.4, -0.2) is 34.1 Å². The zero-order chi connectivity index (χ0) is 14.5. The lowest BCUT2D eigenvalue weighted by molar-refractivity contribution is -0.137. The number of hydrogen-bond donors (Lipinski definition) is 0. The van der Waals surface area contributed by atoms with E-state index in [4.69, 9.17) is 0 Å². The van der Waals surface area contributed by atoms with E-state index in [0.717, 1.165) is 43.0 Å². The monoisotopic (exact) mass is 304 g/mol. The summed E-state index contributed by atoms with van der Waals surface area (Å²) in [6.07, 6.45) is 10.1. The van der Waals surface area contributed by atoms with E-state index in [0.29, 0.717) is 17.9 Å². The number of likely N-dealkylation sites (tertiary alicyclic amines) is 1. The second-order valence-corrected chi connectivity index (χ2v) is 7.18. The molecule has 1 unspecified atom stereocenters. The van der Waals surface area contributed by atoms with Gasteiger partial charge in [0, 0.05) is 30.5 Å². The summed E-state index contributed by atoms with van der Waals surface area (Å²) in [5, 5.41) is 1.06. The third-order valence-corrected chi connectivity index (χ3v) is 5.76. The second kappa shape index (κ2) is 7.30. The van der Waals surface area contributed by atoms with Crippen LogP contribution in [0.1, 0.15) is 44.9 Å². The minimum atomic E-state index is 0.305. The minimum absolute atomic E-state index is 0.305. The number of nitrogens with zero attached hydrogens (tertiary/aromatic N) is 2. The average molecular weight is 304 g/mol. The SMILES string of the molecule is O=C(C1CCCCC1)N1CCCC1CSc1ccccn1. The molecule has 0 aromatic carbocycles. The fourth-order valence-corrected chi connectivity index (χ4v) is 4.52. The lowest BCUT2D eigenvalue weighted by Gasteiger charge is -2.30. The number of thioether (sulfide) groups is 1. The van der Waals surface area contributed by atoms with E-state index in [-0.39, 0.29) is 0 Å². The lowest BCUT2D eigenvalue weighted by atomic mass is 9.88. The van der Waals surface area contributed by atoms with Gasteiger partial charge in [0.15, 0.2) is 0 Å². The van der Waals surface area contributed by atoms with Gasteiger partial charge in [-0.15, -0.1) is 11.8 Å². The molecule has 0 spiro atoms. The van der Waals surface area contributed by atoms with Gasteiger partial charge in [-0.25, -0.2) is 4.98 Å². The number of pyridine rings is 1. The Kier molecular flexibility index (Phi) is 5.17. The molecular formula is C17H24N2OS. The molecule has 4 heteroatoms. The number of carbonyl (C=O) groups excluding carboxylic acids is 1. The molecule has 1 aliphatic carbocycles. The van der Waals surface area contributed by atoms with Crippen molar-refractivity contribution in [2.45, 2.75) is 56.0 Å². The molecule has 2 aliphatic rings. The third-order valence-electron chi connectivity index (χ3n) is 4.68. The van der Waals surface area contributed by atoms with Gasteiger partial charge in [-0.2, -0.15) is 0 Å². The van der Waals surface area contributed by atoms with E-state index >= 15 is 0 Å². The Morgan fingerprint density at radius 3 is 2.81 bits per heavy atom. The van der Waals surface area contributed by atoms with E-state index in [1.54, 1.807) is 11.8 Å². The molecule has 1 saturated heterocycles. The Morgan fingerprint density at radius 1 is 1.19 bits per heavy atom. The van der Waals surface area contributed by atoms with Gasteiger partial charge in [0.2, 0.25) is 5.91 Å². The van der Waals surface area contributed by atoms with Crippen LogP contribution >= 0.6 is 11.8 Å². The molecule has 1 aromatic rings. The Bertz CT molecular complexity index is 459. The van der Waals surface area contributed by atoms with Crippen LogP contribution < -0.4 is 0 Å². The number of amides is 1. The van der Waals surface area contributed by atoms with Gasteiger partial charge in [-0.1, -0.05) is 25.3 Å². The van der Waals surface area contributed by atoms with Crippen molar-refractivity contribution < 1.29 is 4.79 Å². The summed E-state index contributed by atoms with van der Waals surface area (Å²) in [6.45, 7) is 0.961. The molecular weight excluding hydrogens is 280 g/mol. The molecule has 0 radical (unpaired) electrons. The maximum Gasteiger partial charge on any atom is 0.225 e. The first kappa shape index (κ1) is 14.9. The molecule has 0 bridgehead atoms. The van der Waals surface area contributed by atoms with Crippen LogP contribution in [0.4, 0.5) is 0 Å². The largest absolute Gasteiger partial charge is 0.339 e. The first-order chi connectivity index (χ1) is 10.3. The number of aromatic nitrogens is 1. The van der Waals surface area contributed by atoms with Crippen LogP contribution in [0.5, 0.6) is 0 Å². The molecule has 1 saturated carbocycles. The Balaban J connectivity index is 1.56. The molecule has 3 rings (SSSR count). The molecule has 1 amide bonds. The topological polar surface area (TPSA) is 33.2 Å². The van der Waals surface area contributed by atoms with Crippen LogP contribution in [0.15, 0.2) is 29.4 Å². The maximum absolute atomic E-state index is 12.7. The molecule has 21 heavy (non-hydrogen) atoms. The van der Waals surface area contributed by atoms with Crippen molar-refractivity contribution in [3.05, 3.63) is 24.4 Å². The normalized spacial score (nSPS) is 23.4. The summed E-state index contributed by atoms with van der Waals surface area (Å²) >= 11 is 1.78. The highest BCUT2D eigenvalue weighted by molar-refractivity contribution is 7.99. The average Bonchev–Trinajstić information content (AvgIpc) is 3.02. The standard InChI is InChI=1S/C17H24N2OS/c20-17(14-7-2-1-3-8-14)19-12-6-9-15(19)13-21-16-10-4-5-11-18-16/h4-5,10-11,14-15H,1-3,6-9,12-13H2. The zero-order valence-corrected chi connectivity index (χ0v) is 13.4. The highest BCUT2D eigenvalue weighted by Crippen LogP contribution is 2.30. The summed E-state index contributed by atoms with van der Waals surface area (Å²) in [4.78, 5) is 19.3. The lowest BCUT2D eigenvalue weighted by Crippen LogP contribution is -2.41. The second-order valence-electron chi connectivity index (χ2n) is 6.14. The molecule has 1 atom stereocenters. The highest BCUT2D eigenvalue weighted by Gasteiger charge is 2.33. The third kappa shape index (κ3) is 3.79. The van der Waals surface area contributed by atoms with Crippen LogP contribution in [0, 0.1) is 5.92 Å². The van der Waals surface area contributed by atoms with Gasteiger partial charge in [-0.3, -0.25) is 4.79 Å². The predicted octanol–water partition coefficient (Wildman–Crippen LogP) is 3.75. The van der Waals surface area contributed by atoms with Crippen LogP contribution in [0.3, 0.4) is 0 Å². The van der Waals surface area contributed by atoms with Crippen LogP contribution in [0.25, 0.3) is 0 Å². The summed E-state index contributed by atoms with van der Waals surface area (Å²) in [7, 11) is 0. The van der Waals surface area contributed by atoms with E-state index in [9.17, 15) is 4.79 Å². The van der Waals surface area contributed by atoms with Gasteiger partial charge >= 0.3 is 0 Å². The first-order valence-corrected chi connectivity index (χ1v) is 9.17. The number of carbonyl (C=O) groups is 1. The molecule has 2 heterocycles. The van der Waals surface area contributed by atoms with E-state index in [1.807, 2.05) is 24.4 Å². The Hall–Kier alpha value is -1.03. The Morgan fingerprint density at radius 2 is 2.05 bits per heavy atom. The molecule has 1 aromatic heterocycles.